The van der Waals surface area contributed by atoms with Gasteiger partial charge in [0.15, 0.2) is 0 Å². The summed E-state index contributed by atoms with van der Waals surface area (Å²) in [6.07, 6.45) is 10.2. The Hall–Kier alpha value is -1.28. The summed E-state index contributed by atoms with van der Waals surface area (Å²) in [4.78, 5) is 0. The molecule has 3 rings (SSSR count). The number of hydrogen-bond acceptors (Lipinski definition) is 2. The first-order chi connectivity index (χ1) is 9.88. The molecular formula is C18H25NO. The molecule has 1 aromatic carbocycles. The highest BCUT2D eigenvalue weighted by atomic mass is 16.5. The lowest BCUT2D eigenvalue weighted by molar-refractivity contribution is 0.197. The summed E-state index contributed by atoms with van der Waals surface area (Å²) < 4.78 is 5.97. The van der Waals surface area contributed by atoms with Gasteiger partial charge in [-0.3, -0.25) is 0 Å². The smallest absolute Gasteiger partial charge is 0.122 e. The third-order valence-corrected chi connectivity index (χ3v) is 4.67. The molecule has 0 bridgehead atoms. The van der Waals surface area contributed by atoms with Crippen LogP contribution in [0.3, 0.4) is 0 Å². The number of benzene rings is 1. The Kier molecular flexibility index (Phi) is 4.41. The van der Waals surface area contributed by atoms with E-state index in [0.717, 1.165) is 18.8 Å². The quantitative estimate of drug-likeness (QED) is 0.846. The van der Waals surface area contributed by atoms with Crippen LogP contribution in [0.2, 0.25) is 0 Å². The van der Waals surface area contributed by atoms with Crippen LogP contribution < -0.4 is 10.1 Å². The van der Waals surface area contributed by atoms with Crippen LogP contribution in [0.15, 0.2) is 35.9 Å². The van der Waals surface area contributed by atoms with Crippen molar-refractivity contribution < 1.29 is 4.74 Å². The van der Waals surface area contributed by atoms with Gasteiger partial charge in [0, 0.05) is 12.0 Å². The molecule has 2 unspecified atom stereocenters. The van der Waals surface area contributed by atoms with Gasteiger partial charge in [0.2, 0.25) is 0 Å². The summed E-state index contributed by atoms with van der Waals surface area (Å²) in [6.45, 7) is 0.833. The topological polar surface area (TPSA) is 21.3 Å². The van der Waals surface area contributed by atoms with Gasteiger partial charge in [-0.1, -0.05) is 36.3 Å². The van der Waals surface area contributed by atoms with Gasteiger partial charge in [-0.15, -0.1) is 0 Å². The molecule has 2 atom stereocenters. The molecular weight excluding hydrogens is 246 g/mol. The van der Waals surface area contributed by atoms with E-state index in [1.54, 1.807) is 5.57 Å². The molecule has 1 aromatic rings. The summed E-state index contributed by atoms with van der Waals surface area (Å²) in [5, 5.41) is 3.55. The van der Waals surface area contributed by atoms with E-state index >= 15 is 0 Å². The van der Waals surface area contributed by atoms with Gasteiger partial charge in [-0.25, -0.2) is 0 Å². The SMILES string of the molecule is CNC(C1=CCCCCC1)C1COc2ccccc2C1. The first-order valence-corrected chi connectivity index (χ1v) is 7.95. The fraction of sp³-hybridized carbons (Fsp3) is 0.556. The van der Waals surface area contributed by atoms with Crippen LogP contribution in [0.25, 0.3) is 0 Å². The monoisotopic (exact) mass is 271 g/mol. The van der Waals surface area contributed by atoms with Gasteiger partial charge < -0.3 is 10.1 Å². The number of hydrogen-bond donors (Lipinski definition) is 1. The van der Waals surface area contributed by atoms with E-state index in [-0.39, 0.29) is 0 Å². The van der Waals surface area contributed by atoms with Crippen molar-refractivity contribution in [1.29, 1.82) is 0 Å². The van der Waals surface area contributed by atoms with Crippen LogP contribution in [-0.4, -0.2) is 19.7 Å². The first-order valence-electron chi connectivity index (χ1n) is 7.95. The van der Waals surface area contributed by atoms with E-state index in [9.17, 15) is 0 Å². The zero-order chi connectivity index (χ0) is 13.8. The van der Waals surface area contributed by atoms with Crippen molar-refractivity contribution in [2.45, 2.75) is 44.6 Å². The fourth-order valence-corrected chi connectivity index (χ4v) is 3.61. The highest BCUT2D eigenvalue weighted by Crippen LogP contribution is 2.32. The summed E-state index contributed by atoms with van der Waals surface area (Å²) in [5.41, 5.74) is 2.97. The lowest BCUT2D eigenvalue weighted by atomic mass is 9.85. The summed E-state index contributed by atoms with van der Waals surface area (Å²) in [7, 11) is 2.09. The molecule has 2 heteroatoms. The summed E-state index contributed by atoms with van der Waals surface area (Å²) >= 11 is 0. The van der Waals surface area contributed by atoms with E-state index in [1.165, 1.54) is 37.7 Å². The second kappa shape index (κ2) is 6.45. The Labute approximate surface area is 122 Å². The van der Waals surface area contributed by atoms with Crippen LogP contribution in [-0.2, 0) is 6.42 Å². The number of para-hydroxylation sites is 1. The molecule has 1 aliphatic carbocycles. The molecule has 0 amide bonds. The standard InChI is InChI=1S/C18H25NO/c1-19-18(14-8-4-2-3-5-9-14)16-12-15-10-6-7-11-17(15)20-13-16/h6-8,10-11,16,18-19H,2-5,9,12-13H2,1H3. The maximum atomic E-state index is 5.97. The molecule has 0 fully saturated rings. The van der Waals surface area contributed by atoms with E-state index in [1.807, 2.05) is 0 Å². The predicted molar refractivity (Wildman–Crippen MR) is 83.1 cm³/mol. The van der Waals surface area contributed by atoms with Crippen LogP contribution in [0.5, 0.6) is 5.75 Å². The minimum absolute atomic E-state index is 0.474. The third-order valence-electron chi connectivity index (χ3n) is 4.67. The van der Waals surface area contributed by atoms with Crippen LogP contribution in [0.1, 0.15) is 37.7 Å². The number of nitrogens with one attached hydrogen (secondary N) is 1. The van der Waals surface area contributed by atoms with Gasteiger partial charge in [0.05, 0.1) is 6.61 Å². The van der Waals surface area contributed by atoms with Gasteiger partial charge in [-0.2, -0.15) is 0 Å². The summed E-state index contributed by atoms with van der Waals surface area (Å²) in [6, 6.07) is 8.94. The number of rotatable bonds is 3. The Morgan fingerprint density at radius 2 is 2.10 bits per heavy atom. The van der Waals surface area contributed by atoms with E-state index in [0.29, 0.717) is 12.0 Å². The zero-order valence-corrected chi connectivity index (χ0v) is 12.4. The van der Waals surface area contributed by atoms with Gasteiger partial charge >= 0.3 is 0 Å². The Bertz CT molecular complexity index is 480. The molecule has 2 nitrogen and oxygen atoms in total. The Balaban J connectivity index is 1.76. The Morgan fingerprint density at radius 3 is 3.00 bits per heavy atom. The van der Waals surface area contributed by atoms with Crippen molar-refractivity contribution in [1.82, 2.24) is 5.32 Å². The molecule has 0 radical (unpaired) electrons. The van der Waals surface area contributed by atoms with Gasteiger partial charge in [-0.05, 0) is 50.8 Å². The first kappa shape index (κ1) is 13.7. The summed E-state index contributed by atoms with van der Waals surface area (Å²) in [5.74, 6) is 1.63. The highest BCUT2D eigenvalue weighted by molar-refractivity contribution is 5.36. The predicted octanol–water partition coefficient (Wildman–Crippen LogP) is 3.72. The van der Waals surface area contributed by atoms with Crippen molar-refractivity contribution >= 4 is 0 Å². The molecule has 0 spiro atoms. The Morgan fingerprint density at radius 1 is 1.20 bits per heavy atom. The lowest BCUT2D eigenvalue weighted by Gasteiger charge is -2.33. The molecule has 0 saturated heterocycles. The third kappa shape index (κ3) is 2.90. The van der Waals surface area contributed by atoms with Crippen LogP contribution >= 0.6 is 0 Å². The molecule has 20 heavy (non-hydrogen) atoms. The molecule has 0 aromatic heterocycles. The van der Waals surface area contributed by atoms with Crippen molar-refractivity contribution in [2.75, 3.05) is 13.7 Å². The zero-order valence-electron chi connectivity index (χ0n) is 12.4. The number of likely N-dealkylation sites (N-methyl/N-ethyl adjacent to an activating group) is 1. The minimum Gasteiger partial charge on any atom is -0.493 e. The highest BCUT2D eigenvalue weighted by Gasteiger charge is 2.28. The average Bonchev–Trinajstić information content (AvgIpc) is 2.77. The van der Waals surface area contributed by atoms with Crippen LogP contribution in [0, 0.1) is 5.92 Å². The van der Waals surface area contributed by atoms with E-state index < -0.39 is 0 Å². The van der Waals surface area contributed by atoms with Crippen molar-refractivity contribution in [3.63, 3.8) is 0 Å². The van der Waals surface area contributed by atoms with Crippen molar-refractivity contribution in [3.8, 4) is 5.75 Å². The maximum absolute atomic E-state index is 5.97. The molecule has 1 N–H and O–H groups in total. The maximum Gasteiger partial charge on any atom is 0.122 e. The normalized spacial score (nSPS) is 24.1. The second-order valence-electron chi connectivity index (χ2n) is 6.03. The fourth-order valence-electron chi connectivity index (χ4n) is 3.61. The molecule has 2 aliphatic rings. The van der Waals surface area contributed by atoms with Crippen LogP contribution in [0.4, 0.5) is 0 Å². The molecule has 1 aliphatic heterocycles. The van der Waals surface area contributed by atoms with Gasteiger partial charge in [0.25, 0.3) is 0 Å². The molecule has 108 valence electrons. The largest absolute Gasteiger partial charge is 0.493 e. The molecule has 0 saturated carbocycles. The van der Waals surface area contributed by atoms with E-state index in [4.69, 9.17) is 4.74 Å². The van der Waals surface area contributed by atoms with Crippen molar-refractivity contribution in [3.05, 3.63) is 41.5 Å². The van der Waals surface area contributed by atoms with E-state index in [2.05, 4.69) is 42.7 Å². The minimum atomic E-state index is 0.474. The second-order valence-corrected chi connectivity index (χ2v) is 6.03. The lowest BCUT2D eigenvalue weighted by Crippen LogP contribution is -2.41. The number of fused-ring (bicyclic) bond motifs is 1. The van der Waals surface area contributed by atoms with Gasteiger partial charge in [0.1, 0.15) is 5.75 Å². The van der Waals surface area contributed by atoms with Crippen molar-refractivity contribution in [2.24, 2.45) is 5.92 Å². The number of allylic oxidation sites excluding steroid dienone is 1. The average molecular weight is 271 g/mol. The number of ether oxygens (including phenoxy) is 1. The molecule has 1 heterocycles.